The fourth-order valence-electron chi connectivity index (χ4n) is 3.66. The lowest BCUT2D eigenvalue weighted by Crippen LogP contribution is -2.13. The summed E-state index contributed by atoms with van der Waals surface area (Å²) in [6.07, 6.45) is 19.6. The second kappa shape index (κ2) is 17.6. The van der Waals surface area contributed by atoms with Gasteiger partial charge in [-0.05, 0) is 43.4 Å². The fraction of sp³-hybridized carbons (Fsp3) is 0.960. The molecule has 162 valence electrons. The minimum absolute atomic E-state index is 0.0391. The molecule has 2 nitrogen and oxygen atoms in total. The van der Waals surface area contributed by atoms with Crippen molar-refractivity contribution in [2.24, 2.45) is 11.3 Å². The Labute approximate surface area is 171 Å². The monoisotopic (exact) mass is 382 g/mol. The number of carbonyl (C=O) groups is 1. The van der Waals surface area contributed by atoms with Crippen LogP contribution >= 0.6 is 0 Å². The Morgan fingerprint density at radius 1 is 0.741 bits per heavy atom. The number of carbonyl (C=O) groups excluding carboxylic acids is 1. The topological polar surface area (TPSA) is 26.3 Å². The van der Waals surface area contributed by atoms with Crippen LogP contribution in [0.4, 0.5) is 0 Å². The van der Waals surface area contributed by atoms with Gasteiger partial charge in [-0.1, -0.05) is 98.8 Å². The second-order valence-corrected chi connectivity index (χ2v) is 9.71. The van der Waals surface area contributed by atoms with Crippen molar-refractivity contribution in [3.8, 4) is 0 Å². The number of hydrogen-bond acceptors (Lipinski definition) is 2. The van der Waals surface area contributed by atoms with Gasteiger partial charge in [0, 0.05) is 6.42 Å². The summed E-state index contributed by atoms with van der Waals surface area (Å²) in [6, 6.07) is 0. The van der Waals surface area contributed by atoms with Gasteiger partial charge >= 0.3 is 5.97 Å². The zero-order valence-electron chi connectivity index (χ0n) is 19.4. The first kappa shape index (κ1) is 26.5. The van der Waals surface area contributed by atoms with Gasteiger partial charge < -0.3 is 4.74 Å². The summed E-state index contributed by atoms with van der Waals surface area (Å²) in [6.45, 7) is 11.9. The molecule has 1 atom stereocenters. The van der Waals surface area contributed by atoms with E-state index in [2.05, 4.69) is 34.6 Å². The first-order chi connectivity index (χ1) is 12.9. The maximum Gasteiger partial charge on any atom is 0.306 e. The molecule has 0 aliphatic rings. The third-order valence-electron chi connectivity index (χ3n) is 5.47. The van der Waals surface area contributed by atoms with Gasteiger partial charge in [0.2, 0.25) is 0 Å². The predicted molar refractivity (Wildman–Crippen MR) is 119 cm³/mol. The molecular formula is C25H50O2. The minimum Gasteiger partial charge on any atom is -0.466 e. The molecule has 0 N–H and O–H groups in total. The summed E-state index contributed by atoms with van der Waals surface area (Å²) in [5.74, 6) is 0.576. The first-order valence-electron chi connectivity index (χ1n) is 12.0. The Kier molecular flexibility index (Phi) is 17.2. The van der Waals surface area contributed by atoms with E-state index < -0.39 is 0 Å². The molecule has 0 aliphatic heterocycles. The molecule has 0 saturated carbocycles. The van der Waals surface area contributed by atoms with Crippen LogP contribution in [0.15, 0.2) is 0 Å². The maximum atomic E-state index is 12.3. The summed E-state index contributed by atoms with van der Waals surface area (Å²) in [5.41, 5.74) is 0.380. The summed E-state index contributed by atoms with van der Waals surface area (Å²) >= 11 is 0. The predicted octanol–water partition coefficient (Wildman–Crippen LogP) is 8.47. The average molecular weight is 383 g/mol. The molecule has 27 heavy (non-hydrogen) atoms. The molecule has 0 bridgehead atoms. The van der Waals surface area contributed by atoms with Crippen molar-refractivity contribution in [1.29, 1.82) is 0 Å². The van der Waals surface area contributed by atoms with E-state index in [0.29, 0.717) is 24.4 Å². The molecule has 2 heteroatoms. The van der Waals surface area contributed by atoms with E-state index in [9.17, 15) is 4.79 Å². The highest BCUT2D eigenvalue weighted by Crippen LogP contribution is 2.23. The van der Waals surface area contributed by atoms with E-state index in [0.717, 1.165) is 12.8 Å². The molecule has 0 saturated heterocycles. The van der Waals surface area contributed by atoms with Crippen LogP contribution in [0, 0.1) is 11.3 Å². The van der Waals surface area contributed by atoms with Crippen LogP contribution in [0.25, 0.3) is 0 Å². The Hall–Kier alpha value is -0.530. The van der Waals surface area contributed by atoms with Gasteiger partial charge in [0.15, 0.2) is 0 Å². The van der Waals surface area contributed by atoms with Crippen LogP contribution in [0.5, 0.6) is 0 Å². The number of esters is 1. The highest BCUT2D eigenvalue weighted by molar-refractivity contribution is 5.69. The van der Waals surface area contributed by atoms with Crippen molar-refractivity contribution in [2.45, 2.75) is 137 Å². The Bertz CT molecular complexity index is 330. The van der Waals surface area contributed by atoms with Crippen LogP contribution in [0.3, 0.4) is 0 Å². The minimum atomic E-state index is 0.0391. The van der Waals surface area contributed by atoms with Gasteiger partial charge in [0.25, 0.3) is 0 Å². The SMILES string of the molecule is CCCCCCCCC(CCCCCC)CC(=O)OCCCCC(C)(C)C. The largest absolute Gasteiger partial charge is 0.466 e. The lowest BCUT2D eigenvalue weighted by atomic mass is 9.90. The summed E-state index contributed by atoms with van der Waals surface area (Å²) in [5, 5.41) is 0. The fourth-order valence-corrected chi connectivity index (χ4v) is 3.66. The number of rotatable bonds is 18. The van der Waals surface area contributed by atoms with E-state index in [1.54, 1.807) is 0 Å². The highest BCUT2D eigenvalue weighted by Gasteiger charge is 2.15. The maximum absolute atomic E-state index is 12.3. The zero-order valence-corrected chi connectivity index (χ0v) is 19.4. The van der Waals surface area contributed by atoms with Gasteiger partial charge in [-0.3, -0.25) is 4.79 Å². The zero-order chi connectivity index (χ0) is 20.4. The van der Waals surface area contributed by atoms with Gasteiger partial charge in [0.1, 0.15) is 0 Å². The van der Waals surface area contributed by atoms with Crippen LogP contribution < -0.4 is 0 Å². The average Bonchev–Trinajstić information content (AvgIpc) is 2.60. The van der Waals surface area contributed by atoms with Crippen LogP contribution in [-0.2, 0) is 9.53 Å². The Balaban J connectivity index is 4.01. The Morgan fingerprint density at radius 2 is 1.26 bits per heavy atom. The lowest BCUT2D eigenvalue weighted by Gasteiger charge is -2.18. The van der Waals surface area contributed by atoms with Gasteiger partial charge in [0.05, 0.1) is 6.61 Å². The van der Waals surface area contributed by atoms with E-state index >= 15 is 0 Å². The normalized spacial score (nSPS) is 12.9. The molecule has 0 radical (unpaired) electrons. The molecule has 0 fully saturated rings. The van der Waals surface area contributed by atoms with E-state index in [1.807, 2.05) is 0 Å². The summed E-state index contributed by atoms with van der Waals surface area (Å²) in [7, 11) is 0. The molecule has 0 aromatic carbocycles. The van der Waals surface area contributed by atoms with Crippen molar-refractivity contribution < 1.29 is 9.53 Å². The van der Waals surface area contributed by atoms with Gasteiger partial charge in [-0.2, -0.15) is 0 Å². The van der Waals surface area contributed by atoms with Crippen LogP contribution in [0.2, 0.25) is 0 Å². The second-order valence-electron chi connectivity index (χ2n) is 9.71. The summed E-state index contributed by atoms with van der Waals surface area (Å²) in [4.78, 5) is 12.3. The van der Waals surface area contributed by atoms with Gasteiger partial charge in [-0.15, -0.1) is 0 Å². The highest BCUT2D eigenvalue weighted by atomic mass is 16.5. The molecule has 0 aromatic rings. The van der Waals surface area contributed by atoms with Gasteiger partial charge in [-0.25, -0.2) is 0 Å². The molecule has 1 unspecified atom stereocenters. The third-order valence-corrected chi connectivity index (χ3v) is 5.47. The Morgan fingerprint density at radius 3 is 1.81 bits per heavy atom. The van der Waals surface area contributed by atoms with E-state index in [4.69, 9.17) is 4.74 Å². The number of ether oxygens (including phenoxy) is 1. The van der Waals surface area contributed by atoms with Crippen molar-refractivity contribution >= 4 is 5.97 Å². The number of unbranched alkanes of at least 4 members (excludes halogenated alkanes) is 9. The smallest absolute Gasteiger partial charge is 0.306 e. The molecule has 0 amide bonds. The summed E-state index contributed by atoms with van der Waals surface area (Å²) < 4.78 is 5.54. The molecule has 0 rings (SSSR count). The molecule has 0 spiro atoms. The number of hydrogen-bond donors (Lipinski definition) is 0. The standard InChI is InChI=1S/C25H50O2/c1-6-8-10-12-13-15-19-23(18-14-11-9-7-2)22-24(26)27-21-17-16-20-25(3,4)5/h23H,6-22H2,1-5H3. The molecule has 0 heterocycles. The van der Waals surface area contributed by atoms with E-state index in [1.165, 1.54) is 83.5 Å². The van der Waals surface area contributed by atoms with Crippen LogP contribution in [0.1, 0.15) is 137 Å². The molecular weight excluding hydrogens is 332 g/mol. The third kappa shape index (κ3) is 20.0. The van der Waals surface area contributed by atoms with Crippen molar-refractivity contribution in [1.82, 2.24) is 0 Å². The van der Waals surface area contributed by atoms with E-state index in [-0.39, 0.29) is 5.97 Å². The molecule has 0 aliphatic carbocycles. The quantitative estimate of drug-likeness (QED) is 0.175. The van der Waals surface area contributed by atoms with Crippen LogP contribution in [-0.4, -0.2) is 12.6 Å². The first-order valence-corrected chi connectivity index (χ1v) is 12.0. The molecule has 0 aromatic heterocycles. The lowest BCUT2D eigenvalue weighted by molar-refractivity contribution is -0.145. The van der Waals surface area contributed by atoms with Crippen molar-refractivity contribution in [3.63, 3.8) is 0 Å². The van der Waals surface area contributed by atoms with Crippen molar-refractivity contribution in [3.05, 3.63) is 0 Å². The van der Waals surface area contributed by atoms with Crippen molar-refractivity contribution in [2.75, 3.05) is 6.61 Å².